The van der Waals surface area contributed by atoms with E-state index < -0.39 is 0 Å². The van der Waals surface area contributed by atoms with Crippen LogP contribution in [0.2, 0.25) is 0 Å². The van der Waals surface area contributed by atoms with Crippen LogP contribution in [-0.4, -0.2) is 30.0 Å². The average molecular weight is 263 g/mol. The molecular formula is C16H29N3. The molecule has 19 heavy (non-hydrogen) atoms. The molecule has 1 aliphatic heterocycles. The molecular weight excluding hydrogens is 234 g/mol. The molecule has 2 aliphatic carbocycles. The van der Waals surface area contributed by atoms with E-state index in [1.807, 2.05) is 0 Å². The van der Waals surface area contributed by atoms with Gasteiger partial charge in [0.15, 0.2) is 5.96 Å². The Bertz CT molecular complexity index is 312. The van der Waals surface area contributed by atoms with Gasteiger partial charge in [-0.15, -0.1) is 0 Å². The van der Waals surface area contributed by atoms with Crippen molar-refractivity contribution in [2.75, 3.05) is 13.1 Å². The highest BCUT2D eigenvalue weighted by atomic mass is 15.3. The molecule has 3 rings (SSSR count). The van der Waals surface area contributed by atoms with Crippen LogP contribution in [0.25, 0.3) is 0 Å². The molecule has 1 heterocycles. The third-order valence-corrected chi connectivity index (χ3v) is 5.29. The summed E-state index contributed by atoms with van der Waals surface area (Å²) < 4.78 is 0. The van der Waals surface area contributed by atoms with Gasteiger partial charge >= 0.3 is 0 Å². The Morgan fingerprint density at radius 1 is 0.895 bits per heavy atom. The zero-order valence-electron chi connectivity index (χ0n) is 12.2. The van der Waals surface area contributed by atoms with Crippen LogP contribution in [0.4, 0.5) is 0 Å². The number of hydrogen-bond acceptors (Lipinski definition) is 1. The standard InChI is InChI=1S/C16H29N3/c17-16(19-10-6-1-2-7-11-19)18-15-12-14(15)13-8-4-3-5-9-13/h13-15H,1-12H2,(H2,17,18). The van der Waals surface area contributed by atoms with Gasteiger partial charge in [0.2, 0.25) is 0 Å². The van der Waals surface area contributed by atoms with Gasteiger partial charge in [-0.2, -0.15) is 0 Å². The van der Waals surface area contributed by atoms with Crippen molar-refractivity contribution in [3.63, 3.8) is 0 Å². The average Bonchev–Trinajstić information content (AvgIpc) is 3.22. The lowest BCUT2D eigenvalue weighted by Gasteiger charge is -2.22. The number of likely N-dealkylation sites (tertiary alicyclic amines) is 1. The third kappa shape index (κ3) is 3.43. The molecule has 0 amide bonds. The number of rotatable bonds is 2. The molecule has 0 bridgehead atoms. The van der Waals surface area contributed by atoms with E-state index in [2.05, 4.69) is 4.90 Å². The van der Waals surface area contributed by atoms with Crippen molar-refractivity contribution in [2.24, 2.45) is 22.6 Å². The Labute approximate surface area is 117 Å². The Morgan fingerprint density at radius 3 is 2.21 bits per heavy atom. The predicted molar refractivity (Wildman–Crippen MR) is 80.1 cm³/mol. The minimum Gasteiger partial charge on any atom is -0.370 e. The monoisotopic (exact) mass is 263 g/mol. The Kier molecular flexibility index (Phi) is 4.29. The molecule has 1 saturated heterocycles. The molecule has 3 nitrogen and oxygen atoms in total. The van der Waals surface area contributed by atoms with Gasteiger partial charge in [0.1, 0.15) is 0 Å². The molecule has 2 unspecified atom stereocenters. The maximum absolute atomic E-state index is 6.23. The summed E-state index contributed by atoms with van der Waals surface area (Å²) in [5, 5.41) is 0. The van der Waals surface area contributed by atoms with E-state index in [4.69, 9.17) is 10.7 Å². The second-order valence-electron chi connectivity index (χ2n) is 6.75. The molecule has 3 fully saturated rings. The zero-order chi connectivity index (χ0) is 13.1. The van der Waals surface area contributed by atoms with E-state index in [1.165, 1.54) is 64.2 Å². The quantitative estimate of drug-likeness (QED) is 0.614. The van der Waals surface area contributed by atoms with Crippen LogP contribution >= 0.6 is 0 Å². The largest absolute Gasteiger partial charge is 0.370 e. The highest BCUT2D eigenvalue weighted by Gasteiger charge is 2.43. The van der Waals surface area contributed by atoms with E-state index in [0.717, 1.165) is 30.9 Å². The lowest BCUT2D eigenvalue weighted by atomic mass is 9.85. The van der Waals surface area contributed by atoms with Crippen molar-refractivity contribution in [1.29, 1.82) is 0 Å². The van der Waals surface area contributed by atoms with Gasteiger partial charge < -0.3 is 10.6 Å². The molecule has 0 spiro atoms. The van der Waals surface area contributed by atoms with Crippen molar-refractivity contribution >= 4 is 5.96 Å². The van der Waals surface area contributed by atoms with Crippen molar-refractivity contribution < 1.29 is 0 Å². The summed E-state index contributed by atoms with van der Waals surface area (Å²) >= 11 is 0. The van der Waals surface area contributed by atoms with Crippen LogP contribution in [-0.2, 0) is 0 Å². The lowest BCUT2D eigenvalue weighted by molar-refractivity contribution is 0.318. The topological polar surface area (TPSA) is 41.6 Å². The van der Waals surface area contributed by atoms with Gasteiger partial charge in [-0.1, -0.05) is 44.9 Å². The van der Waals surface area contributed by atoms with E-state index in [-0.39, 0.29) is 0 Å². The van der Waals surface area contributed by atoms with Crippen LogP contribution in [0.5, 0.6) is 0 Å². The first kappa shape index (κ1) is 13.3. The third-order valence-electron chi connectivity index (χ3n) is 5.29. The van der Waals surface area contributed by atoms with Crippen LogP contribution in [0, 0.1) is 11.8 Å². The lowest BCUT2D eigenvalue weighted by Crippen LogP contribution is -2.38. The molecule has 2 atom stereocenters. The van der Waals surface area contributed by atoms with Crippen molar-refractivity contribution in [2.45, 2.75) is 70.3 Å². The van der Waals surface area contributed by atoms with Crippen LogP contribution < -0.4 is 5.73 Å². The van der Waals surface area contributed by atoms with E-state index in [1.54, 1.807) is 0 Å². The van der Waals surface area contributed by atoms with Crippen molar-refractivity contribution in [3.8, 4) is 0 Å². The first-order valence-corrected chi connectivity index (χ1v) is 8.43. The molecule has 2 N–H and O–H groups in total. The fourth-order valence-electron chi connectivity index (χ4n) is 3.97. The molecule has 108 valence electrons. The first-order chi connectivity index (χ1) is 9.34. The molecule has 0 radical (unpaired) electrons. The zero-order valence-corrected chi connectivity index (χ0v) is 12.2. The van der Waals surface area contributed by atoms with Crippen molar-refractivity contribution in [3.05, 3.63) is 0 Å². The number of guanidine groups is 1. The number of nitrogens with zero attached hydrogens (tertiary/aromatic N) is 2. The summed E-state index contributed by atoms with van der Waals surface area (Å²) in [5.41, 5.74) is 6.23. The maximum atomic E-state index is 6.23. The number of nitrogens with two attached hydrogens (primary N) is 1. The van der Waals surface area contributed by atoms with Gasteiger partial charge in [0.05, 0.1) is 6.04 Å². The minimum atomic E-state index is 0.561. The van der Waals surface area contributed by atoms with Gasteiger partial charge in [-0.25, -0.2) is 4.99 Å². The highest BCUT2D eigenvalue weighted by molar-refractivity contribution is 5.78. The smallest absolute Gasteiger partial charge is 0.191 e. The highest BCUT2D eigenvalue weighted by Crippen LogP contribution is 2.46. The molecule has 2 saturated carbocycles. The number of aliphatic imine (C=N–C) groups is 1. The SMILES string of the molecule is NC(=NC1CC1C1CCCCC1)N1CCCCCC1. The molecule has 3 aliphatic rings. The Morgan fingerprint density at radius 2 is 1.53 bits per heavy atom. The summed E-state index contributed by atoms with van der Waals surface area (Å²) in [6.45, 7) is 2.24. The van der Waals surface area contributed by atoms with Crippen LogP contribution in [0.3, 0.4) is 0 Å². The second-order valence-corrected chi connectivity index (χ2v) is 6.75. The summed E-state index contributed by atoms with van der Waals surface area (Å²) in [4.78, 5) is 7.15. The Balaban J connectivity index is 1.51. The van der Waals surface area contributed by atoms with Gasteiger partial charge in [-0.3, -0.25) is 0 Å². The molecule has 3 heteroatoms. The summed E-state index contributed by atoms with van der Waals surface area (Å²) in [6.07, 6.45) is 13.8. The first-order valence-electron chi connectivity index (χ1n) is 8.43. The normalized spacial score (nSPS) is 34.1. The van der Waals surface area contributed by atoms with E-state index in [0.29, 0.717) is 6.04 Å². The number of hydrogen-bond donors (Lipinski definition) is 1. The summed E-state index contributed by atoms with van der Waals surface area (Å²) in [5.74, 6) is 2.66. The fraction of sp³-hybridized carbons (Fsp3) is 0.938. The molecule has 0 aromatic rings. The summed E-state index contributed by atoms with van der Waals surface area (Å²) in [7, 11) is 0. The molecule has 0 aromatic heterocycles. The van der Waals surface area contributed by atoms with Crippen LogP contribution in [0.1, 0.15) is 64.2 Å². The van der Waals surface area contributed by atoms with Gasteiger partial charge in [0.25, 0.3) is 0 Å². The van der Waals surface area contributed by atoms with Crippen LogP contribution in [0.15, 0.2) is 4.99 Å². The van der Waals surface area contributed by atoms with Crippen molar-refractivity contribution in [1.82, 2.24) is 4.90 Å². The predicted octanol–water partition coefficient (Wildman–Crippen LogP) is 3.15. The maximum Gasteiger partial charge on any atom is 0.191 e. The fourth-order valence-corrected chi connectivity index (χ4v) is 3.97. The second kappa shape index (κ2) is 6.15. The van der Waals surface area contributed by atoms with Gasteiger partial charge in [-0.05, 0) is 31.1 Å². The Hall–Kier alpha value is -0.730. The minimum absolute atomic E-state index is 0.561. The summed E-state index contributed by atoms with van der Waals surface area (Å²) in [6, 6.07) is 0.561. The molecule has 0 aromatic carbocycles. The van der Waals surface area contributed by atoms with Gasteiger partial charge in [0, 0.05) is 13.1 Å². The van der Waals surface area contributed by atoms with E-state index >= 15 is 0 Å². The van der Waals surface area contributed by atoms with E-state index in [9.17, 15) is 0 Å².